The zero-order valence-corrected chi connectivity index (χ0v) is 18.9. The summed E-state index contributed by atoms with van der Waals surface area (Å²) in [7, 11) is 0. The quantitative estimate of drug-likeness (QED) is 0.323. The molecule has 5 heteroatoms. The van der Waals surface area contributed by atoms with E-state index in [9.17, 15) is 4.79 Å². The second-order valence-corrected chi connectivity index (χ2v) is 7.48. The van der Waals surface area contributed by atoms with Crippen molar-refractivity contribution in [3.05, 3.63) is 109 Å². The fourth-order valence-electron chi connectivity index (χ4n) is 3.52. The SMILES string of the molecule is C=C/C=C\C(=C/C)CN(CCc1ccccn1)C(=O)COc1ccc(C=N)c2ccccc12. The molecule has 168 valence electrons. The summed E-state index contributed by atoms with van der Waals surface area (Å²) in [6.07, 6.45) is 11.3. The number of nitrogens with one attached hydrogen (secondary N) is 1. The van der Waals surface area contributed by atoms with Crippen LogP contribution in [0, 0.1) is 5.41 Å². The first-order valence-electron chi connectivity index (χ1n) is 10.9. The molecular weight excluding hydrogens is 410 g/mol. The Balaban J connectivity index is 1.76. The predicted octanol–water partition coefficient (Wildman–Crippen LogP) is 5.37. The Morgan fingerprint density at radius 3 is 2.61 bits per heavy atom. The highest BCUT2D eigenvalue weighted by atomic mass is 16.5. The number of benzene rings is 2. The molecule has 1 heterocycles. The van der Waals surface area contributed by atoms with E-state index in [-0.39, 0.29) is 12.5 Å². The molecule has 0 radical (unpaired) electrons. The number of carbonyl (C=O) groups excluding carboxylic acids is 1. The molecule has 0 atom stereocenters. The molecule has 3 rings (SSSR count). The predicted molar refractivity (Wildman–Crippen MR) is 135 cm³/mol. The number of hydrogen-bond acceptors (Lipinski definition) is 4. The zero-order valence-electron chi connectivity index (χ0n) is 18.9. The molecule has 0 spiro atoms. The molecular formula is C28H29N3O2. The number of nitrogens with zero attached hydrogens (tertiary/aromatic N) is 2. The van der Waals surface area contributed by atoms with Gasteiger partial charge in [0, 0.05) is 48.6 Å². The average Bonchev–Trinajstić information content (AvgIpc) is 2.87. The van der Waals surface area contributed by atoms with Crippen LogP contribution in [0.4, 0.5) is 0 Å². The Labute approximate surface area is 195 Å². The second-order valence-electron chi connectivity index (χ2n) is 7.48. The Bertz CT molecular complexity index is 1170. The van der Waals surface area contributed by atoms with E-state index >= 15 is 0 Å². The van der Waals surface area contributed by atoms with Gasteiger partial charge in [-0.1, -0.05) is 61.2 Å². The molecule has 1 aromatic heterocycles. The van der Waals surface area contributed by atoms with Crippen molar-refractivity contribution in [2.24, 2.45) is 0 Å². The molecule has 0 aliphatic heterocycles. The summed E-state index contributed by atoms with van der Waals surface area (Å²) in [6.45, 7) is 6.61. The highest BCUT2D eigenvalue weighted by Crippen LogP contribution is 2.28. The van der Waals surface area contributed by atoms with Gasteiger partial charge in [-0.15, -0.1) is 0 Å². The molecule has 1 amide bonds. The second kappa shape index (κ2) is 12.2. The normalized spacial score (nSPS) is 11.5. The van der Waals surface area contributed by atoms with Crippen LogP contribution in [-0.4, -0.2) is 41.7 Å². The number of amides is 1. The van der Waals surface area contributed by atoms with E-state index < -0.39 is 0 Å². The van der Waals surface area contributed by atoms with Crippen LogP contribution < -0.4 is 4.74 Å². The largest absolute Gasteiger partial charge is 0.483 e. The van der Waals surface area contributed by atoms with E-state index in [4.69, 9.17) is 10.1 Å². The number of ether oxygens (including phenoxy) is 1. The molecule has 0 saturated heterocycles. The number of pyridine rings is 1. The van der Waals surface area contributed by atoms with Crippen LogP contribution in [0.25, 0.3) is 10.8 Å². The minimum atomic E-state index is -0.0995. The Morgan fingerprint density at radius 2 is 1.91 bits per heavy atom. The maximum Gasteiger partial charge on any atom is 0.260 e. The van der Waals surface area contributed by atoms with E-state index in [1.54, 1.807) is 17.2 Å². The number of fused-ring (bicyclic) bond motifs is 1. The van der Waals surface area contributed by atoms with Crippen molar-refractivity contribution >= 4 is 22.9 Å². The highest BCUT2D eigenvalue weighted by molar-refractivity contribution is 6.01. The third-order valence-electron chi connectivity index (χ3n) is 5.33. The molecule has 0 aliphatic carbocycles. The van der Waals surface area contributed by atoms with Gasteiger partial charge in [-0.3, -0.25) is 9.78 Å². The molecule has 0 bridgehead atoms. The summed E-state index contributed by atoms with van der Waals surface area (Å²) < 4.78 is 5.97. The van der Waals surface area contributed by atoms with Crippen LogP contribution in [0.15, 0.2) is 97.3 Å². The monoisotopic (exact) mass is 439 g/mol. The van der Waals surface area contributed by atoms with Crippen molar-refractivity contribution in [3.8, 4) is 5.75 Å². The molecule has 0 saturated carbocycles. The summed E-state index contributed by atoms with van der Waals surface area (Å²) in [5.41, 5.74) is 2.77. The Kier molecular flexibility index (Phi) is 8.71. The van der Waals surface area contributed by atoms with Gasteiger partial charge in [0.05, 0.1) is 0 Å². The van der Waals surface area contributed by atoms with Crippen molar-refractivity contribution in [1.29, 1.82) is 5.41 Å². The Morgan fingerprint density at radius 1 is 1.12 bits per heavy atom. The van der Waals surface area contributed by atoms with Gasteiger partial charge in [0.15, 0.2) is 6.61 Å². The van der Waals surface area contributed by atoms with Crippen LogP contribution in [0.1, 0.15) is 18.2 Å². The minimum Gasteiger partial charge on any atom is -0.483 e. The lowest BCUT2D eigenvalue weighted by atomic mass is 10.0. The zero-order chi connectivity index (χ0) is 23.5. The van der Waals surface area contributed by atoms with E-state index in [0.29, 0.717) is 25.3 Å². The smallest absolute Gasteiger partial charge is 0.260 e. The highest BCUT2D eigenvalue weighted by Gasteiger charge is 2.16. The van der Waals surface area contributed by atoms with Gasteiger partial charge in [0.1, 0.15) is 5.75 Å². The molecule has 3 aromatic rings. The van der Waals surface area contributed by atoms with E-state index in [1.807, 2.05) is 79.7 Å². The standard InChI is InChI=1S/C28H29N3O2/c1-3-5-10-22(4-2)20-31(18-16-24-11-8-9-17-30-24)28(32)21-33-27-15-14-23(19-29)25-12-6-7-13-26(25)27/h3-15,17,19,29H,1,16,18,20-21H2,2H3/b10-5-,22-4+,29-19?. The summed E-state index contributed by atoms with van der Waals surface area (Å²) in [6, 6.07) is 17.2. The molecule has 33 heavy (non-hydrogen) atoms. The van der Waals surface area contributed by atoms with E-state index in [2.05, 4.69) is 11.6 Å². The first-order valence-corrected chi connectivity index (χ1v) is 10.9. The van der Waals surface area contributed by atoms with Crippen LogP contribution in [0.3, 0.4) is 0 Å². The topological polar surface area (TPSA) is 66.3 Å². The van der Waals surface area contributed by atoms with Gasteiger partial charge in [-0.2, -0.15) is 0 Å². The molecule has 0 unspecified atom stereocenters. The molecule has 0 aliphatic rings. The third-order valence-corrected chi connectivity index (χ3v) is 5.33. The van der Waals surface area contributed by atoms with Gasteiger partial charge in [0.2, 0.25) is 0 Å². The van der Waals surface area contributed by atoms with Gasteiger partial charge in [0.25, 0.3) is 5.91 Å². The van der Waals surface area contributed by atoms with Gasteiger partial charge < -0.3 is 15.0 Å². The summed E-state index contributed by atoms with van der Waals surface area (Å²) in [4.78, 5) is 19.4. The summed E-state index contributed by atoms with van der Waals surface area (Å²) in [5.74, 6) is 0.532. The number of aromatic nitrogens is 1. The van der Waals surface area contributed by atoms with Crippen molar-refractivity contribution in [3.63, 3.8) is 0 Å². The maximum absolute atomic E-state index is 13.2. The third kappa shape index (κ3) is 6.50. The lowest BCUT2D eigenvalue weighted by Gasteiger charge is -2.23. The van der Waals surface area contributed by atoms with Crippen LogP contribution in [-0.2, 0) is 11.2 Å². The van der Waals surface area contributed by atoms with E-state index in [0.717, 1.165) is 27.6 Å². The minimum absolute atomic E-state index is 0.0711. The van der Waals surface area contributed by atoms with Crippen molar-refractivity contribution in [1.82, 2.24) is 9.88 Å². The maximum atomic E-state index is 13.2. The molecule has 0 fully saturated rings. The van der Waals surface area contributed by atoms with Crippen LogP contribution in [0.5, 0.6) is 5.75 Å². The average molecular weight is 440 g/mol. The number of rotatable bonds is 11. The van der Waals surface area contributed by atoms with Crippen molar-refractivity contribution < 1.29 is 9.53 Å². The number of allylic oxidation sites excluding steroid dienone is 3. The van der Waals surface area contributed by atoms with Crippen molar-refractivity contribution in [2.45, 2.75) is 13.3 Å². The lowest BCUT2D eigenvalue weighted by molar-refractivity contribution is -0.132. The summed E-state index contributed by atoms with van der Waals surface area (Å²) in [5, 5.41) is 9.43. The number of carbonyl (C=O) groups is 1. The molecule has 1 N–H and O–H groups in total. The fraction of sp³-hybridized carbons (Fsp3) is 0.179. The summed E-state index contributed by atoms with van der Waals surface area (Å²) >= 11 is 0. The fourth-order valence-corrected chi connectivity index (χ4v) is 3.52. The first-order chi connectivity index (χ1) is 16.2. The molecule has 5 nitrogen and oxygen atoms in total. The first kappa shape index (κ1) is 23.7. The van der Waals surface area contributed by atoms with Gasteiger partial charge >= 0.3 is 0 Å². The van der Waals surface area contributed by atoms with E-state index in [1.165, 1.54) is 6.21 Å². The van der Waals surface area contributed by atoms with Crippen molar-refractivity contribution in [2.75, 3.05) is 19.7 Å². The van der Waals surface area contributed by atoms with Crippen LogP contribution >= 0.6 is 0 Å². The van der Waals surface area contributed by atoms with Gasteiger partial charge in [-0.25, -0.2) is 0 Å². The van der Waals surface area contributed by atoms with Gasteiger partial charge in [-0.05, 0) is 42.1 Å². The Hall–Kier alpha value is -3.99. The van der Waals surface area contributed by atoms with Crippen LogP contribution in [0.2, 0.25) is 0 Å². The lowest BCUT2D eigenvalue weighted by Crippen LogP contribution is -2.38. The molecule has 2 aromatic carbocycles. The number of hydrogen-bond donors (Lipinski definition) is 1.